The normalized spacial score (nSPS) is 10.9. The smallest absolute Gasteiger partial charge is 0.253 e. The molecule has 0 aliphatic heterocycles. The van der Waals surface area contributed by atoms with Crippen molar-refractivity contribution in [2.24, 2.45) is 4.99 Å². The van der Waals surface area contributed by atoms with Crippen molar-refractivity contribution in [3.63, 3.8) is 0 Å². The van der Waals surface area contributed by atoms with E-state index >= 15 is 0 Å². The van der Waals surface area contributed by atoms with Crippen LogP contribution < -0.4 is 15.4 Å². The van der Waals surface area contributed by atoms with Crippen molar-refractivity contribution < 1.29 is 9.53 Å². The van der Waals surface area contributed by atoms with Gasteiger partial charge in [-0.25, -0.2) is 0 Å². The average Bonchev–Trinajstić information content (AvgIpc) is 2.73. The molecule has 2 aromatic rings. The maximum absolute atomic E-state index is 11.9. The lowest BCUT2D eigenvalue weighted by Gasteiger charge is -2.15. The fourth-order valence-electron chi connectivity index (χ4n) is 2.85. The van der Waals surface area contributed by atoms with Gasteiger partial charge in [0.15, 0.2) is 5.96 Å². The third-order valence-corrected chi connectivity index (χ3v) is 4.48. The van der Waals surface area contributed by atoms with Crippen LogP contribution in [0.3, 0.4) is 0 Å². The minimum Gasteiger partial charge on any atom is -0.491 e. The number of hydrogen-bond donors (Lipinski definition) is 2. The van der Waals surface area contributed by atoms with Crippen molar-refractivity contribution in [2.75, 3.05) is 34.3 Å². The number of benzene rings is 2. The fourth-order valence-corrected chi connectivity index (χ4v) is 2.85. The second kappa shape index (κ2) is 13.1. The molecule has 0 aliphatic rings. The molecule has 7 heteroatoms. The summed E-state index contributed by atoms with van der Waals surface area (Å²) in [6.45, 7) is 6.13. The number of nitrogens with one attached hydrogen (secondary N) is 2. The molecule has 0 aliphatic carbocycles. The van der Waals surface area contributed by atoms with Crippen LogP contribution in [0.15, 0.2) is 53.5 Å². The lowest BCUT2D eigenvalue weighted by Crippen LogP contribution is -2.38. The Kier molecular flexibility index (Phi) is 11.2. The monoisotopic (exact) mass is 524 g/mol. The number of carbonyl (C=O) groups excluding carboxylic acids is 1. The molecule has 0 heterocycles. The Balaban J connectivity index is 0.00000450. The Labute approximate surface area is 197 Å². The van der Waals surface area contributed by atoms with Gasteiger partial charge in [0.05, 0.1) is 6.54 Å². The van der Waals surface area contributed by atoms with Crippen LogP contribution in [0, 0.1) is 0 Å². The van der Waals surface area contributed by atoms with E-state index in [2.05, 4.69) is 35.5 Å². The molecule has 2 aromatic carbocycles. The van der Waals surface area contributed by atoms with Gasteiger partial charge in [-0.05, 0) is 35.2 Å². The van der Waals surface area contributed by atoms with Crippen molar-refractivity contribution in [1.29, 1.82) is 0 Å². The highest BCUT2D eigenvalue weighted by molar-refractivity contribution is 14.0. The highest BCUT2D eigenvalue weighted by Gasteiger charge is 2.08. The third kappa shape index (κ3) is 7.85. The molecule has 0 saturated heterocycles. The zero-order valence-electron chi connectivity index (χ0n) is 18.4. The van der Waals surface area contributed by atoms with Gasteiger partial charge in [-0.15, -0.1) is 24.0 Å². The van der Waals surface area contributed by atoms with Gasteiger partial charge in [0.2, 0.25) is 0 Å². The SMILES string of the molecule is CN=C(NCCOc1ccccc1C(C)C)NCc1ccc(C(=O)N(C)C)cc1.I. The molecule has 0 unspecified atom stereocenters. The van der Waals surface area contributed by atoms with Crippen LogP contribution >= 0.6 is 24.0 Å². The standard InChI is InChI=1S/C23H32N4O2.HI/c1-17(2)20-8-6-7-9-21(20)29-15-14-25-23(24-3)26-16-18-10-12-19(13-11-18)22(28)27(4)5;/h6-13,17H,14-16H2,1-5H3,(H2,24,25,26);1H. The first-order valence-electron chi connectivity index (χ1n) is 9.89. The molecule has 2 rings (SSSR count). The first kappa shape index (κ1) is 25.7. The summed E-state index contributed by atoms with van der Waals surface area (Å²) < 4.78 is 5.93. The largest absolute Gasteiger partial charge is 0.491 e. The minimum absolute atomic E-state index is 0. The van der Waals surface area contributed by atoms with Crippen LogP contribution in [0.1, 0.15) is 41.3 Å². The third-order valence-electron chi connectivity index (χ3n) is 4.48. The van der Waals surface area contributed by atoms with Crippen molar-refractivity contribution >= 4 is 35.8 Å². The van der Waals surface area contributed by atoms with E-state index in [4.69, 9.17) is 4.74 Å². The maximum Gasteiger partial charge on any atom is 0.253 e. The van der Waals surface area contributed by atoms with Gasteiger partial charge in [-0.1, -0.05) is 44.2 Å². The molecule has 0 atom stereocenters. The van der Waals surface area contributed by atoms with Crippen LogP contribution in [-0.4, -0.2) is 51.1 Å². The summed E-state index contributed by atoms with van der Waals surface area (Å²) in [5.41, 5.74) is 2.97. The summed E-state index contributed by atoms with van der Waals surface area (Å²) in [4.78, 5) is 17.8. The molecular weight excluding hydrogens is 491 g/mol. The molecule has 6 nitrogen and oxygen atoms in total. The molecule has 164 valence electrons. The van der Waals surface area contributed by atoms with Gasteiger partial charge in [-0.3, -0.25) is 9.79 Å². The fraction of sp³-hybridized carbons (Fsp3) is 0.391. The summed E-state index contributed by atoms with van der Waals surface area (Å²) >= 11 is 0. The second-order valence-corrected chi connectivity index (χ2v) is 7.29. The van der Waals surface area contributed by atoms with Crippen LogP contribution in [0.25, 0.3) is 0 Å². The predicted molar refractivity (Wildman–Crippen MR) is 134 cm³/mol. The molecule has 2 N–H and O–H groups in total. The Bertz CT molecular complexity index is 820. The number of nitrogens with zero attached hydrogens (tertiary/aromatic N) is 2. The topological polar surface area (TPSA) is 66.0 Å². The van der Waals surface area contributed by atoms with Crippen molar-refractivity contribution in [2.45, 2.75) is 26.3 Å². The number of para-hydroxylation sites is 1. The molecule has 0 fully saturated rings. The van der Waals surface area contributed by atoms with Crippen LogP contribution in [0.2, 0.25) is 0 Å². The van der Waals surface area contributed by atoms with Gasteiger partial charge >= 0.3 is 0 Å². The second-order valence-electron chi connectivity index (χ2n) is 7.29. The van der Waals surface area contributed by atoms with E-state index in [-0.39, 0.29) is 29.9 Å². The van der Waals surface area contributed by atoms with Gasteiger partial charge in [-0.2, -0.15) is 0 Å². The summed E-state index contributed by atoms with van der Waals surface area (Å²) in [6, 6.07) is 15.7. The van der Waals surface area contributed by atoms with Gasteiger partial charge in [0.25, 0.3) is 5.91 Å². The summed E-state index contributed by atoms with van der Waals surface area (Å²) in [6.07, 6.45) is 0. The van der Waals surface area contributed by atoms with Gasteiger partial charge in [0, 0.05) is 33.3 Å². The average molecular weight is 524 g/mol. The van der Waals surface area contributed by atoms with E-state index in [9.17, 15) is 4.79 Å². The van der Waals surface area contributed by atoms with Gasteiger partial charge < -0.3 is 20.3 Å². The molecule has 0 saturated carbocycles. The Morgan fingerprint density at radius 2 is 1.73 bits per heavy atom. The number of halogens is 1. The molecule has 0 radical (unpaired) electrons. The summed E-state index contributed by atoms with van der Waals surface area (Å²) in [5.74, 6) is 2.06. The molecular formula is C23H33IN4O2. The van der Waals surface area contributed by atoms with Crippen molar-refractivity contribution in [1.82, 2.24) is 15.5 Å². The first-order valence-corrected chi connectivity index (χ1v) is 9.89. The van der Waals surface area contributed by atoms with Crippen LogP contribution in [0.4, 0.5) is 0 Å². The molecule has 1 amide bonds. The van der Waals surface area contributed by atoms with E-state index in [1.165, 1.54) is 5.56 Å². The van der Waals surface area contributed by atoms with E-state index in [1.54, 1.807) is 26.0 Å². The van der Waals surface area contributed by atoms with Crippen molar-refractivity contribution in [3.05, 3.63) is 65.2 Å². The zero-order valence-corrected chi connectivity index (χ0v) is 20.8. The Morgan fingerprint density at radius 3 is 2.33 bits per heavy atom. The lowest BCUT2D eigenvalue weighted by molar-refractivity contribution is 0.0827. The number of guanidine groups is 1. The number of ether oxygens (including phenoxy) is 1. The maximum atomic E-state index is 11.9. The first-order chi connectivity index (χ1) is 13.9. The van der Waals surface area contributed by atoms with Crippen LogP contribution in [-0.2, 0) is 6.54 Å². The van der Waals surface area contributed by atoms with Gasteiger partial charge in [0.1, 0.15) is 12.4 Å². The molecule has 30 heavy (non-hydrogen) atoms. The predicted octanol–water partition coefficient (Wildman–Crippen LogP) is 3.87. The lowest BCUT2D eigenvalue weighted by atomic mass is 10.0. The molecule has 0 aromatic heterocycles. The van der Waals surface area contributed by atoms with Crippen molar-refractivity contribution in [3.8, 4) is 5.75 Å². The number of aliphatic imine (C=N–C) groups is 1. The highest BCUT2D eigenvalue weighted by atomic mass is 127. The molecule has 0 bridgehead atoms. The number of amides is 1. The quantitative estimate of drug-likeness (QED) is 0.238. The number of rotatable bonds is 8. The summed E-state index contributed by atoms with van der Waals surface area (Å²) in [5, 5.41) is 6.53. The van der Waals surface area contributed by atoms with E-state index in [0.717, 1.165) is 11.3 Å². The number of carbonyl (C=O) groups is 1. The Morgan fingerprint density at radius 1 is 1.07 bits per heavy atom. The highest BCUT2D eigenvalue weighted by Crippen LogP contribution is 2.25. The Hall–Kier alpha value is -2.29. The van der Waals surface area contributed by atoms with Crippen LogP contribution in [0.5, 0.6) is 5.75 Å². The van der Waals surface area contributed by atoms with E-state index in [1.807, 2.05) is 42.5 Å². The van der Waals surface area contributed by atoms with E-state index < -0.39 is 0 Å². The zero-order chi connectivity index (χ0) is 21.2. The number of hydrogen-bond acceptors (Lipinski definition) is 3. The molecule has 0 spiro atoms. The minimum atomic E-state index is 0. The van der Waals surface area contributed by atoms with E-state index in [0.29, 0.717) is 37.1 Å². The summed E-state index contributed by atoms with van der Waals surface area (Å²) in [7, 11) is 5.24.